The van der Waals surface area contributed by atoms with Gasteiger partial charge in [-0.05, 0) is 59.5 Å². The van der Waals surface area contributed by atoms with E-state index in [9.17, 15) is 5.11 Å². The molecule has 1 N–H and O–H groups in total. The smallest absolute Gasteiger partial charge is 0.0541 e. The lowest BCUT2D eigenvalue weighted by Gasteiger charge is -2.37. The summed E-state index contributed by atoms with van der Waals surface area (Å²) in [5.74, 6) is 0. The Bertz CT molecular complexity index is 141. The molecule has 13 heavy (non-hydrogen) atoms. The van der Waals surface area contributed by atoms with Crippen LogP contribution in [0.2, 0.25) is 0 Å². The van der Waals surface area contributed by atoms with Gasteiger partial charge in [-0.1, -0.05) is 0 Å². The van der Waals surface area contributed by atoms with Crippen LogP contribution in [0.4, 0.5) is 0 Å². The summed E-state index contributed by atoms with van der Waals surface area (Å²) in [7, 11) is 0. The summed E-state index contributed by atoms with van der Waals surface area (Å²) in [5.41, 5.74) is 0.294. The lowest BCUT2D eigenvalue weighted by atomic mass is 10.00. The van der Waals surface area contributed by atoms with Crippen molar-refractivity contribution < 1.29 is 5.11 Å². The third-order valence-corrected chi connectivity index (χ3v) is 2.88. The first-order valence-electron chi connectivity index (χ1n) is 5.43. The van der Waals surface area contributed by atoms with Crippen LogP contribution in [0.15, 0.2) is 0 Å². The third-order valence-electron chi connectivity index (χ3n) is 2.88. The quantitative estimate of drug-likeness (QED) is 0.624. The molecule has 2 heteroatoms. The van der Waals surface area contributed by atoms with E-state index in [1.165, 1.54) is 0 Å². The van der Waals surface area contributed by atoms with E-state index >= 15 is 0 Å². The molecule has 0 aliphatic carbocycles. The van der Waals surface area contributed by atoms with E-state index in [0.29, 0.717) is 5.54 Å². The Morgan fingerprint density at radius 3 is 1.92 bits per heavy atom. The van der Waals surface area contributed by atoms with Crippen molar-refractivity contribution in [3.05, 3.63) is 0 Å². The summed E-state index contributed by atoms with van der Waals surface area (Å²) in [4.78, 5) is 2.53. The molecule has 0 bridgehead atoms. The van der Waals surface area contributed by atoms with Crippen molar-refractivity contribution in [2.24, 2.45) is 0 Å². The van der Waals surface area contributed by atoms with Gasteiger partial charge in [0.1, 0.15) is 0 Å². The van der Waals surface area contributed by atoms with E-state index < -0.39 is 0 Å². The van der Waals surface area contributed by atoms with E-state index in [-0.39, 0.29) is 6.10 Å². The SMILES string of the molecule is CC(C)(C)N1CCCC(O)CCC1. The fourth-order valence-corrected chi connectivity index (χ4v) is 1.96. The number of hydrogen-bond acceptors (Lipinski definition) is 2. The Labute approximate surface area is 81.9 Å². The summed E-state index contributed by atoms with van der Waals surface area (Å²) < 4.78 is 0. The van der Waals surface area contributed by atoms with Crippen molar-refractivity contribution in [2.45, 2.75) is 58.1 Å². The number of likely N-dealkylation sites (tertiary alicyclic amines) is 1. The molecule has 1 saturated heterocycles. The lowest BCUT2D eigenvalue weighted by Crippen LogP contribution is -2.43. The van der Waals surface area contributed by atoms with Gasteiger partial charge in [0.05, 0.1) is 6.10 Å². The van der Waals surface area contributed by atoms with Crippen molar-refractivity contribution in [1.29, 1.82) is 0 Å². The Morgan fingerprint density at radius 2 is 1.54 bits per heavy atom. The number of nitrogens with zero attached hydrogens (tertiary/aromatic N) is 1. The zero-order chi connectivity index (χ0) is 9.90. The predicted octanol–water partition coefficient (Wildman–Crippen LogP) is 2.02. The second-order valence-corrected chi connectivity index (χ2v) is 5.10. The van der Waals surface area contributed by atoms with Crippen LogP contribution in [-0.4, -0.2) is 34.7 Å². The molecule has 1 fully saturated rings. The van der Waals surface area contributed by atoms with Crippen LogP contribution in [0, 0.1) is 0 Å². The fourth-order valence-electron chi connectivity index (χ4n) is 1.96. The standard InChI is InChI=1S/C11H23NO/c1-11(2,3)12-8-4-6-10(13)7-5-9-12/h10,13H,4-9H2,1-3H3. The highest BCUT2D eigenvalue weighted by Crippen LogP contribution is 2.19. The first-order valence-corrected chi connectivity index (χ1v) is 5.43. The van der Waals surface area contributed by atoms with Crippen LogP contribution in [0.3, 0.4) is 0 Å². The summed E-state index contributed by atoms with van der Waals surface area (Å²) in [6.07, 6.45) is 4.19. The molecule has 1 rings (SSSR count). The van der Waals surface area contributed by atoms with Gasteiger partial charge in [-0.15, -0.1) is 0 Å². The van der Waals surface area contributed by atoms with Crippen LogP contribution >= 0.6 is 0 Å². The average Bonchev–Trinajstić information content (AvgIpc) is 1.93. The van der Waals surface area contributed by atoms with E-state index in [0.717, 1.165) is 38.8 Å². The molecule has 1 heterocycles. The minimum Gasteiger partial charge on any atom is -0.393 e. The highest BCUT2D eigenvalue weighted by Gasteiger charge is 2.22. The zero-order valence-corrected chi connectivity index (χ0v) is 9.21. The van der Waals surface area contributed by atoms with Gasteiger partial charge in [-0.25, -0.2) is 0 Å². The number of aliphatic hydroxyl groups excluding tert-OH is 1. The van der Waals surface area contributed by atoms with Crippen LogP contribution in [0.5, 0.6) is 0 Å². The molecule has 1 aliphatic rings. The maximum Gasteiger partial charge on any atom is 0.0541 e. The topological polar surface area (TPSA) is 23.5 Å². The second kappa shape index (κ2) is 4.43. The first kappa shape index (κ1) is 11.0. The van der Waals surface area contributed by atoms with Crippen molar-refractivity contribution in [3.8, 4) is 0 Å². The molecule has 0 atom stereocenters. The fraction of sp³-hybridized carbons (Fsp3) is 1.00. The molecule has 0 radical (unpaired) electrons. The van der Waals surface area contributed by atoms with Gasteiger partial charge in [-0.3, -0.25) is 4.90 Å². The molecule has 0 aromatic rings. The predicted molar refractivity (Wildman–Crippen MR) is 55.8 cm³/mol. The Morgan fingerprint density at radius 1 is 1.08 bits per heavy atom. The molecule has 0 spiro atoms. The van der Waals surface area contributed by atoms with Gasteiger partial charge in [0.2, 0.25) is 0 Å². The molecule has 0 aromatic carbocycles. The van der Waals surface area contributed by atoms with Crippen LogP contribution in [0.1, 0.15) is 46.5 Å². The molecular weight excluding hydrogens is 162 g/mol. The largest absolute Gasteiger partial charge is 0.393 e. The monoisotopic (exact) mass is 185 g/mol. The number of aliphatic hydroxyl groups is 1. The molecule has 2 nitrogen and oxygen atoms in total. The second-order valence-electron chi connectivity index (χ2n) is 5.10. The highest BCUT2D eigenvalue weighted by molar-refractivity contribution is 4.78. The summed E-state index contributed by atoms with van der Waals surface area (Å²) >= 11 is 0. The van der Waals surface area contributed by atoms with Gasteiger partial charge in [-0.2, -0.15) is 0 Å². The number of hydrogen-bond donors (Lipinski definition) is 1. The van der Waals surface area contributed by atoms with Crippen molar-refractivity contribution in [1.82, 2.24) is 4.90 Å². The van der Waals surface area contributed by atoms with Crippen LogP contribution < -0.4 is 0 Å². The van der Waals surface area contributed by atoms with Gasteiger partial charge in [0, 0.05) is 5.54 Å². The molecule has 0 saturated carbocycles. The van der Waals surface area contributed by atoms with E-state index in [1.807, 2.05) is 0 Å². The van der Waals surface area contributed by atoms with Gasteiger partial charge >= 0.3 is 0 Å². The van der Waals surface area contributed by atoms with Crippen molar-refractivity contribution >= 4 is 0 Å². The highest BCUT2D eigenvalue weighted by atomic mass is 16.3. The third kappa shape index (κ3) is 3.65. The minimum absolute atomic E-state index is 0.0397. The zero-order valence-electron chi connectivity index (χ0n) is 9.21. The molecule has 78 valence electrons. The number of rotatable bonds is 0. The van der Waals surface area contributed by atoms with E-state index in [1.54, 1.807) is 0 Å². The van der Waals surface area contributed by atoms with Crippen molar-refractivity contribution in [3.63, 3.8) is 0 Å². The molecule has 1 aliphatic heterocycles. The molecule has 0 aromatic heterocycles. The molecular formula is C11H23NO. The summed E-state index contributed by atoms with van der Waals surface area (Å²) in [5, 5.41) is 9.48. The maximum atomic E-state index is 9.48. The maximum absolute atomic E-state index is 9.48. The van der Waals surface area contributed by atoms with E-state index in [2.05, 4.69) is 25.7 Å². The first-order chi connectivity index (χ1) is 6.00. The minimum atomic E-state index is -0.0397. The Hall–Kier alpha value is -0.0800. The average molecular weight is 185 g/mol. The van der Waals surface area contributed by atoms with Gasteiger partial charge in [0.15, 0.2) is 0 Å². The van der Waals surface area contributed by atoms with Crippen LogP contribution in [-0.2, 0) is 0 Å². The summed E-state index contributed by atoms with van der Waals surface area (Å²) in [6, 6.07) is 0. The normalized spacial score (nSPS) is 24.0. The van der Waals surface area contributed by atoms with Crippen molar-refractivity contribution in [2.75, 3.05) is 13.1 Å². The summed E-state index contributed by atoms with van der Waals surface area (Å²) in [6.45, 7) is 9.09. The van der Waals surface area contributed by atoms with Crippen LogP contribution in [0.25, 0.3) is 0 Å². The van der Waals surface area contributed by atoms with Gasteiger partial charge in [0.25, 0.3) is 0 Å². The Balaban J connectivity index is 2.42. The Kier molecular flexibility index (Phi) is 3.74. The van der Waals surface area contributed by atoms with Gasteiger partial charge < -0.3 is 5.11 Å². The lowest BCUT2D eigenvalue weighted by molar-refractivity contribution is 0.0814. The molecule has 0 amide bonds. The molecule has 0 unspecified atom stereocenters. The van der Waals surface area contributed by atoms with E-state index in [4.69, 9.17) is 0 Å².